The second-order valence-corrected chi connectivity index (χ2v) is 4.50. The van der Waals surface area contributed by atoms with Crippen molar-refractivity contribution in [2.75, 3.05) is 20.1 Å². The molecule has 22 heavy (non-hydrogen) atoms. The van der Waals surface area contributed by atoms with Gasteiger partial charge in [-0.15, -0.1) is 12.4 Å². The van der Waals surface area contributed by atoms with E-state index in [2.05, 4.69) is 5.32 Å². The minimum atomic E-state index is -4.46. The highest BCUT2D eigenvalue weighted by Gasteiger charge is 2.33. The maximum absolute atomic E-state index is 12.8. The minimum absolute atomic E-state index is 0. The summed E-state index contributed by atoms with van der Waals surface area (Å²) in [5.41, 5.74) is -0.693. The average molecular weight is 341 g/mol. The summed E-state index contributed by atoms with van der Waals surface area (Å²) in [6, 6.07) is 5.11. The van der Waals surface area contributed by atoms with E-state index in [1.807, 2.05) is 0 Å². The van der Waals surface area contributed by atoms with Crippen molar-refractivity contribution in [2.45, 2.75) is 12.7 Å². The van der Waals surface area contributed by atoms with E-state index in [0.29, 0.717) is 0 Å². The molecule has 0 saturated carbocycles. The van der Waals surface area contributed by atoms with Gasteiger partial charge in [0.25, 0.3) is 0 Å². The number of carboxylic acid groups (broad SMARTS) is 1. The molecule has 0 heterocycles. The Morgan fingerprint density at radius 1 is 1.27 bits per heavy atom. The Hall–Kier alpha value is -1.80. The summed E-state index contributed by atoms with van der Waals surface area (Å²) in [4.78, 5) is 23.1. The van der Waals surface area contributed by atoms with Crippen LogP contribution in [0.25, 0.3) is 0 Å². The first-order valence-electron chi connectivity index (χ1n) is 6.02. The van der Waals surface area contributed by atoms with Gasteiger partial charge in [0.1, 0.15) is 6.54 Å². The average Bonchev–Trinajstić information content (AvgIpc) is 2.35. The zero-order valence-corrected chi connectivity index (χ0v) is 12.5. The number of halogens is 4. The van der Waals surface area contributed by atoms with Gasteiger partial charge >= 0.3 is 12.1 Å². The lowest BCUT2D eigenvalue weighted by Gasteiger charge is -2.19. The third-order valence-corrected chi connectivity index (χ3v) is 2.61. The van der Waals surface area contributed by atoms with Crippen LogP contribution in [0.2, 0.25) is 0 Å². The number of likely N-dealkylation sites (N-methyl/N-ethyl adjacent to an activating group) is 1. The Bertz CT molecular complexity index is 523. The molecule has 1 amide bonds. The number of aliphatic carboxylic acids is 1. The summed E-state index contributed by atoms with van der Waals surface area (Å²) >= 11 is 0. The van der Waals surface area contributed by atoms with Crippen molar-refractivity contribution in [1.82, 2.24) is 10.2 Å². The van der Waals surface area contributed by atoms with Crippen LogP contribution in [0.15, 0.2) is 24.3 Å². The van der Waals surface area contributed by atoms with Gasteiger partial charge in [-0.25, -0.2) is 0 Å². The molecular weight excluding hydrogens is 325 g/mol. The van der Waals surface area contributed by atoms with Crippen LogP contribution >= 0.6 is 12.4 Å². The molecule has 1 rings (SSSR count). The first-order chi connectivity index (χ1) is 9.70. The van der Waals surface area contributed by atoms with Gasteiger partial charge in [0.15, 0.2) is 0 Å². The molecule has 0 unspecified atom stereocenters. The Labute approximate surface area is 131 Å². The summed E-state index contributed by atoms with van der Waals surface area (Å²) in [5.74, 6) is -1.75. The topological polar surface area (TPSA) is 69.6 Å². The molecule has 0 saturated heterocycles. The molecule has 124 valence electrons. The van der Waals surface area contributed by atoms with Crippen molar-refractivity contribution in [3.63, 3.8) is 0 Å². The lowest BCUT2D eigenvalue weighted by molar-refractivity contribution is -0.139. The zero-order chi connectivity index (χ0) is 16.0. The predicted molar refractivity (Wildman–Crippen MR) is 75.7 cm³/mol. The summed E-state index contributed by atoms with van der Waals surface area (Å²) < 4.78 is 38.4. The normalized spacial score (nSPS) is 11.0. The molecule has 0 aliphatic rings. The first kappa shape index (κ1) is 20.2. The second-order valence-electron chi connectivity index (χ2n) is 4.50. The van der Waals surface area contributed by atoms with Gasteiger partial charge in [-0.1, -0.05) is 18.2 Å². The van der Waals surface area contributed by atoms with E-state index in [4.69, 9.17) is 5.11 Å². The number of nitrogens with zero attached hydrogens (tertiary/aromatic N) is 1. The van der Waals surface area contributed by atoms with Crippen LogP contribution in [-0.2, 0) is 22.3 Å². The number of hydrogen-bond acceptors (Lipinski definition) is 3. The quantitative estimate of drug-likeness (QED) is 0.828. The van der Waals surface area contributed by atoms with Crippen molar-refractivity contribution in [3.05, 3.63) is 35.4 Å². The number of carbonyl (C=O) groups is 2. The van der Waals surface area contributed by atoms with Crippen molar-refractivity contribution in [2.24, 2.45) is 0 Å². The highest BCUT2D eigenvalue weighted by Crippen LogP contribution is 2.32. The molecule has 0 atom stereocenters. The fraction of sp³-hybridized carbons (Fsp3) is 0.385. The number of alkyl halides is 3. The van der Waals surface area contributed by atoms with Crippen molar-refractivity contribution in [3.8, 4) is 0 Å². The van der Waals surface area contributed by atoms with Gasteiger partial charge in [0, 0.05) is 6.54 Å². The minimum Gasteiger partial charge on any atom is -0.480 e. The monoisotopic (exact) mass is 340 g/mol. The van der Waals surface area contributed by atoms with Crippen LogP contribution in [0, 0.1) is 0 Å². The fourth-order valence-corrected chi connectivity index (χ4v) is 1.76. The molecule has 0 aliphatic carbocycles. The van der Waals surface area contributed by atoms with Gasteiger partial charge in [-0.05, 0) is 18.7 Å². The number of nitrogens with one attached hydrogen (secondary N) is 1. The van der Waals surface area contributed by atoms with Crippen LogP contribution in [-0.4, -0.2) is 42.0 Å². The van der Waals surface area contributed by atoms with Gasteiger partial charge in [-0.2, -0.15) is 13.2 Å². The van der Waals surface area contributed by atoms with Gasteiger partial charge < -0.3 is 10.4 Å². The molecule has 0 aromatic heterocycles. The Balaban J connectivity index is 0.00000441. The number of rotatable bonds is 6. The number of carboxylic acids is 1. The molecule has 1 aromatic carbocycles. The standard InChI is InChI=1S/C13H15F3N2O3.ClH/c1-18(8-11(19)17-6-12(20)21)7-9-4-2-3-5-10(9)13(14,15)16;/h2-5H,6-8H2,1H3,(H,17,19)(H,20,21);1H. The Morgan fingerprint density at radius 2 is 1.86 bits per heavy atom. The van der Waals surface area contributed by atoms with E-state index in [0.717, 1.165) is 6.07 Å². The molecule has 0 aliphatic heterocycles. The van der Waals surface area contributed by atoms with E-state index in [1.165, 1.54) is 30.1 Å². The molecule has 0 fully saturated rings. The molecule has 5 nitrogen and oxygen atoms in total. The summed E-state index contributed by atoms with van der Waals surface area (Å²) in [6.07, 6.45) is -4.46. The SMILES string of the molecule is CN(CC(=O)NCC(=O)O)Cc1ccccc1C(F)(F)F.Cl. The second kappa shape index (κ2) is 8.60. The van der Waals surface area contributed by atoms with E-state index in [1.54, 1.807) is 0 Å². The van der Waals surface area contributed by atoms with E-state index in [-0.39, 0.29) is 31.1 Å². The summed E-state index contributed by atoms with van der Waals surface area (Å²) in [7, 11) is 1.48. The maximum Gasteiger partial charge on any atom is 0.416 e. The Morgan fingerprint density at radius 3 is 2.41 bits per heavy atom. The zero-order valence-electron chi connectivity index (χ0n) is 11.7. The largest absolute Gasteiger partial charge is 0.480 e. The number of hydrogen-bond donors (Lipinski definition) is 2. The van der Waals surface area contributed by atoms with Gasteiger partial charge in [-0.3, -0.25) is 14.5 Å². The third kappa shape index (κ3) is 6.77. The smallest absolute Gasteiger partial charge is 0.416 e. The molecule has 0 radical (unpaired) electrons. The van der Waals surface area contributed by atoms with Crippen LogP contribution in [0.1, 0.15) is 11.1 Å². The summed E-state index contributed by atoms with van der Waals surface area (Å²) in [5, 5.41) is 10.5. The summed E-state index contributed by atoms with van der Waals surface area (Å²) in [6.45, 7) is -0.790. The first-order valence-corrected chi connectivity index (χ1v) is 6.02. The molecule has 0 spiro atoms. The molecule has 1 aromatic rings. The van der Waals surface area contributed by atoms with E-state index in [9.17, 15) is 22.8 Å². The molecular formula is C13H16ClF3N2O3. The van der Waals surface area contributed by atoms with Crippen LogP contribution in [0.4, 0.5) is 13.2 Å². The maximum atomic E-state index is 12.8. The van der Waals surface area contributed by atoms with Gasteiger partial charge in [0.2, 0.25) is 5.91 Å². The van der Waals surface area contributed by atoms with Crippen molar-refractivity contribution in [1.29, 1.82) is 0 Å². The lowest BCUT2D eigenvalue weighted by Crippen LogP contribution is -2.37. The number of benzene rings is 1. The molecule has 9 heteroatoms. The predicted octanol–water partition coefficient (Wildman–Crippen LogP) is 1.76. The lowest BCUT2D eigenvalue weighted by atomic mass is 10.1. The molecule has 2 N–H and O–H groups in total. The Kier molecular flexibility index (Phi) is 7.89. The van der Waals surface area contributed by atoms with Crippen molar-refractivity contribution < 1.29 is 27.9 Å². The van der Waals surface area contributed by atoms with Gasteiger partial charge in [0.05, 0.1) is 12.1 Å². The highest BCUT2D eigenvalue weighted by molar-refractivity contribution is 5.85. The third-order valence-electron chi connectivity index (χ3n) is 2.61. The fourth-order valence-electron chi connectivity index (χ4n) is 1.76. The van der Waals surface area contributed by atoms with E-state index >= 15 is 0 Å². The van der Waals surface area contributed by atoms with Crippen molar-refractivity contribution >= 4 is 24.3 Å². The van der Waals surface area contributed by atoms with Crippen LogP contribution in [0.5, 0.6) is 0 Å². The van der Waals surface area contributed by atoms with E-state index < -0.39 is 30.2 Å². The highest BCUT2D eigenvalue weighted by atomic mass is 35.5. The number of amides is 1. The number of carbonyl (C=O) groups excluding carboxylic acids is 1. The molecule has 0 bridgehead atoms. The van der Waals surface area contributed by atoms with Crippen LogP contribution < -0.4 is 5.32 Å². The van der Waals surface area contributed by atoms with Crippen LogP contribution in [0.3, 0.4) is 0 Å².